The van der Waals surface area contributed by atoms with E-state index in [1.54, 1.807) is 12.1 Å². The number of thioether (sulfide) groups is 1. The van der Waals surface area contributed by atoms with Crippen LogP contribution >= 0.6 is 11.8 Å². The third-order valence-electron chi connectivity index (χ3n) is 22.3. The van der Waals surface area contributed by atoms with Crippen molar-refractivity contribution in [1.82, 2.24) is 77.3 Å². The molecule has 5 aromatic rings. The number of guanidine groups is 1. The summed E-state index contributed by atoms with van der Waals surface area (Å²) in [6.07, 6.45) is 1.43. The number of hydrogen-bond donors (Lipinski definition) is 18. The number of phenolic OH excluding ortho intramolecular Hbond substituents is 1. The fraction of sp³-hybridized carbons (Fsp3) is 0.563. The second-order valence-electron chi connectivity index (χ2n) is 33.7. The van der Waals surface area contributed by atoms with Crippen LogP contribution in [0.3, 0.4) is 0 Å². The van der Waals surface area contributed by atoms with Gasteiger partial charge in [0.15, 0.2) is 11.7 Å². The lowest BCUT2D eigenvalue weighted by Gasteiger charge is -2.33. The molecular weight excluding hydrogens is 1740 g/mol. The van der Waals surface area contributed by atoms with Gasteiger partial charge in [0.2, 0.25) is 53.2 Å². The number of nitrogens with one attached hydrogen (secondary N) is 10. The molecule has 3 heterocycles. The molecule has 720 valence electrons. The number of phenols is 1. The minimum Gasteiger partial charge on any atom is -0.508 e. The highest BCUT2D eigenvalue weighted by Crippen LogP contribution is 2.40. The summed E-state index contributed by atoms with van der Waals surface area (Å²) in [6, 6.07) is 10.8. The number of aliphatic imine (C=N–C) groups is 1. The number of nitrogens with zero attached hydrogens (tertiary/aromatic N) is 7. The average Bonchev–Trinajstić information content (AvgIpc) is 1.61. The number of nitrogens with two attached hydrogens (primary N) is 3. The van der Waals surface area contributed by atoms with Crippen LogP contribution in [-0.2, 0) is 85.3 Å². The third-order valence-corrected chi connectivity index (χ3v) is 24.2. The van der Waals surface area contributed by atoms with E-state index in [1.165, 1.54) is 73.7 Å². The first-order valence-electron chi connectivity index (χ1n) is 44.1. The van der Waals surface area contributed by atoms with E-state index in [9.17, 15) is 81.9 Å². The molecule has 1 saturated heterocycles. The molecule has 2 aliphatic rings. The van der Waals surface area contributed by atoms with Crippen molar-refractivity contribution in [1.29, 1.82) is 0 Å². The number of carboxylic acids is 3. The van der Waals surface area contributed by atoms with Crippen LogP contribution < -0.4 is 70.4 Å². The van der Waals surface area contributed by atoms with E-state index < -0.39 is 190 Å². The molecular formula is C87H128N20O22S2. The Morgan fingerprint density at radius 2 is 1.12 bits per heavy atom. The summed E-state index contributed by atoms with van der Waals surface area (Å²) in [7, 11) is -5.06. The quantitative estimate of drug-likeness (QED) is 0.00630. The highest BCUT2D eigenvalue weighted by molar-refractivity contribution is 7.99. The molecule has 0 aliphatic carbocycles. The molecule has 1 fully saturated rings. The second kappa shape index (κ2) is 53.7. The molecule has 0 bridgehead atoms. The molecule has 42 nitrogen and oxygen atoms in total. The molecule has 7 rings (SSSR count). The number of aromatic hydroxyl groups is 1. The maximum Gasteiger partial charge on any atom is 0.317 e. The van der Waals surface area contributed by atoms with Gasteiger partial charge in [0.1, 0.15) is 53.8 Å². The van der Waals surface area contributed by atoms with Crippen molar-refractivity contribution in [3.8, 4) is 5.75 Å². The number of nitro groups is 1. The van der Waals surface area contributed by atoms with Crippen LogP contribution in [0.25, 0.3) is 21.5 Å². The number of hydrogen-bond acceptors (Lipinski definition) is 26. The van der Waals surface area contributed by atoms with E-state index in [4.69, 9.17) is 17.2 Å². The highest BCUT2D eigenvalue weighted by atomic mass is 32.2. The van der Waals surface area contributed by atoms with Crippen LogP contribution in [0.2, 0.25) is 0 Å². The number of amides is 9. The fourth-order valence-corrected chi connectivity index (χ4v) is 17.2. The summed E-state index contributed by atoms with van der Waals surface area (Å²) in [5.74, 6) is -15.8. The molecule has 21 N–H and O–H groups in total. The average molecular weight is 1870 g/mol. The Balaban J connectivity index is 1.31. The van der Waals surface area contributed by atoms with Crippen molar-refractivity contribution >= 4 is 132 Å². The first-order chi connectivity index (χ1) is 62.2. The van der Waals surface area contributed by atoms with E-state index in [-0.39, 0.29) is 175 Å². The van der Waals surface area contributed by atoms with Gasteiger partial charge in [0.05, 0.1) is 47.6 Å². The Bertz CT molecular complexity index is 4850. The number of nitro benzene ring substituents is 1. The number of aromatic nitrogens is 1. The molecule has 44 heteroatoms. The Morgan fingerprint density at radius 3 is 1.69 bits per heavy atom. The van der Waals surface area contributed by atoms with Gasteiger partial charge in [-0.2, -0.15) is 8.42 Å². The van der Waals surface area contributed by atoms with Crippen molar-refractivity contribution in [2.24, 2.45) is 28.1 Å². The van der Waals surface area contributed by atoms with E-state index in [0.717, 1.165) is 22.5 Å². The maximum absolute atomic E-state index is 16.2. The smallest absolute Gasteiger partial charge is 0.317 e. The number of primary amides is 1. The van der Waals surface area contributed by atoms with Gasteiger partial charge in [-0.25, -0.2) is 0 Å². The predicted octanol–water partition coefficient (Wildman–Crippen LogP) is 0.445. The summed E-state index contributed by atoms with van der Waals surface area (Å²) in [5.41, 5.74) is 18.0. The summed E-state index contributed by atoms with van der Waals surface area (Å²) >= 11 is 0.998. The van der Waals surface area contributed by atoms with Gasteiger partial charge >= 0.3 is 17.9 Å². The van der Waals surface area contributed by atoms with Crippen LogP contribution in [-0.4, -0.2) is 316 Å². The zero-order chi connectivity index (χ0) is 96.0. The van der Waals surface area contributed by atoms with E-state index in [2.05, 4.69) is 58.2 Å². The number of benzene rings is 4. The first kappa shape index (κ1) is 107. The minimum absolute atomic E-state index is 0.0101. The molecule has 4 aromatic carbocycles. The molecule has 9 atom stereocenters. The van der Waals surface area contributed by atoms with Gasteiger partial charge in [0, 0.05) is 120 Å². The van der Waals surface area contributed by atoms with Gasteiger partial charge in [-0.05, 0) is 138 Å². The molecule has 2 aliphatic heterocycles. The van der Waals surface area contributed by atoms with Crippen LogP contribution in [0.1, 0.15) is 135 Å². The number of rotatable bonds is 41. The molecule has 0 radical (unpaired) electrons. The lowest BCUT2D eigenvalue weighted by molar-refractivity contribution is -0.383. The lowest BCUT2D eigenvalue weighted by Crippen LogP contribution is -2.59. The predicted molar refractivity (Wildman–Crippen MR) is 490 cm³/mol. The van der Waals surface area contributed by atoms with Crippen LogP contribution in [0.5, 0.6) is 5.75 Å². The maximum atomic E-state index is 16.2. The minimum atomic E-state index is -5.06. The summed E-state index contributed by atoms with van der Waals surface area (Å²) < 4.78 is 37.0. The number of non-ortho nitro benzene ring substituents is 1. The molecule has 9 amide bonds. The Morgan fingerprint density at radius 1 is 0.588 bits per heavy atom. The van der Waals surface area contributed by atoms with Gasteiger partial charge in [0.25, 0.3) is 15.8 Å². The van der Waals surface area contributed by atoms with Crippen LogP contribution in [0.4, 0.5) is 5.69 Å². The molecule has 0 saturated carbocycles. The Kier molecular flexibility index (Phi) is 43.7. The van der Waals surface area contributed by atoms with Gasteiger partial charge in [-0.3, -0.25) is 102 Å². The molecule has 1 unspecified atom stereocenters. The number of fused-ring (bicyclic) bond motifs is 4. The Labute approximate surface area is 764 Å². The molecule has 131 heavy (non-hydrogen) atoms. The van der Waals surface area contributed by atoms with Crippen molar-refractivity contribution in [3.05, 3.63) is 112 Å². The van der Waals surface area contributed by atoms with Gasteiger partial charge in [-0.15, -0.1) is 11.8 Å². The van der Waals surface area contributed by atoms with Crippen molar-refractivity contribution in [3.63, 3.8) is 0 Å². The fourth-order valence-electron chi connectivity index (χ4n) is 15.4. The SMILES string of the molecule is CC(C)NCCCC[C@H](NC(=O)[C@@H]1CCSc2c3cccc([N+](=O)[O-])c3cn2[C@@H](CCCCNC(=O)[C@H](CS(=O)(=O)O)NC(=O)CN2CCN(CC(=O)O)CCN(CC(=O)O)CCN(CC(=O)O)CC2)C(=O)CC(Cc2ccc(O)cc2)C(=O)N[C@@H](CCCCNC(C)C)C(=O)N[C@H](CCCN=C(N)N)C(=O)N[C@@H](Cc2ccc3ccccc3c2)C(=O)N[C@H](C)C(=O)N1)C(N)=O. The monoisotopic (exact) mass is 1870 g/mol. The van der Waals surface area contributed by atoms with E-state index in [0.29, 0.717) is 49.9 Å². The van der Waals surface area contributed by atoms with Crippen LogP contribution in [0, 0.1) is 16.0 Å². The number of aliphatic carboxylic acids is 3. The standard InChI is InChI=1S/C87H128N20O22S2/c1-54(2)91-31-11-8-19-65(78(88)117)97-84(123)68-30-43-130-86-63-18-14-23-71(107(125)126)64(63)48-106(86)72(22-10-13-33-93-81(120)70(53-131(127,128)129)96-74(110)49-102-35-37-103(50-75(111)112)39-41-105(52-77(115)116)42-40-104(38-36-102)51-76(113)114)73(109)47-61(44-57-25-28-62(108)29-26-57)80(119)99-66(20-9-12-32-92-55(3)4)82(121)100-67(21-15-34-94-87(89)90)83(122)101-69(85(124)95-56(5)79(118)98-68)46-58-24-27-59-16-6-7-17-60(59)45-58/h6-7,14,16-18,23-29,45,48,54-56,61,65-70,72,91-92,108H,8-13,15,19-22,30-44,46-47,49-53H2,1-5H3,(H2,88,117)(H,93,120)(H,95,124)(H,96,110)(H,97,123)(H,98,118)(H,99,119)(H,100,121)(H,101,122)(H,111,112)(H,113,114)(H,115,116)(H4,89,90,94)(H,127,128,129)/t56-,61?,65+,66+,67-,68+,69+,70+,72+/m1/s1. The summed E-state index contributed by atoms with van der Waals surface area (Å²) in [6.45, 7) is 8.03. The van der Waals surface area contributed by atoms with E-state index in [1.807, 2.05) is 64.1 Å². The third kappa shape index (κ3) is 37.7. The molecule has 1 aromatic heterocycles. The van der Waals surface area contributed by atoms with Gasteiger partial charge in [-0.1, -0.05) is 94.4 Å². The summed E-state index contributed by atoms with van der Waals surface area (Å²) in [5, 5.41) is 83.2. The zero-order valence-corrected chi connectivity index (χ0v) is 76.3. The largest absolute Gasteiger partial charge is 0.508 e. The van der Waals surface area contributed by atoms with Crippen LogP contribution in [0.15, 0.2) is 101 Å². The number of ketones is 1. The number of carboxylic acid groups (broad SMARTS) is 3. The molecule has 0 spiro atoms. The first-order valence-corrected chi connectivity index (χ1v) is 46.7. The topological polar surface area (TPSA) is 629 Å². The zero-order valence-electron chi connectivity index (χ0n) is 74.7. The lowest BCUT2D eigenvalue weighted by atomic mass is 9.89. The van der Waals surface area contributed by atoms with Gasteiger partial charge < -0.3 is 95.4 Å². The van der Waals surface area contributed by atoms with Crippen molar-refractivity contribution in [2.75, 3.05) is 116 Å². The van der Waals surface area contributed by atoms with E-state index >= 15 is 24.0 Å². The number of unbranched alkanes of at least 4 members (excludes halogenated alkanes) is 3. The van der Waals surface area contributed by atoms with Crippen molar-refractivity contribution in [2.45, 2.75) is 196 Å². The second-order valence-corrected chi connectivity index (χ2v) is 36.2. The normalized spacial score (nSPS) is 20.0. The number of Topliss-reactive ketones (excluding diaryl/α,β-unsaturated/α-hetero) is 1. The Hall–Kier alpha value is -11.5. The van der Waals surface area contributed by atoms with Crippen molar-refractivity contribution < 1.29 is 101 Å². The number of carbonyl (C=O) groups is 13. The number of carbonyl (C=O) groups excluding carboxylic acids is 10. The highest BCUT2D eigenvalue weighted by Gasteiger charge is 2.38. The summed E-state index contributed by atoms with van der Waals surface area (Å²) in [4.78, 5) is 208.